The molecule has 1 aliphatic heterocycles. The van der Waals surface area contributed by atoms with Crippen LogP contribution in [0.25, 0.3) is 0 Å². The van der Waals surface area contributed by atoms with Gasteiger partial charge in [0, 0.05) is 26.7 Å². The van der Waals surface area contributed by atoms with Crippen LogP contribution in [0.5, 0.6) is 0 Å². The Hall–Kier alpha value is -2.45. The van der Waals surface area contributed by atoms with Crippen molar-refractivity contribution < 1.29 is 9.72 Å². The Kier molecular flexibility index (Phi) is 4.51. The molecule has 9 heteroatoms. The van der Waals surface area contributed by atoms with E-state index in [2.05, 4.69) is 15.3 Å². The first-order valence-electron chi connectivity index (χ1n) is 6.77. The maximum Gasteiger partial charge on any atom is 0.329 e. The van der Waals surface area contributed by atoms with Crippen molar-refractivity contribution in [2.45, 2.75) is 13.3 Å². The number of likely N-dealkylation sites (N-methyl/N-ethyl adjacent to an activating group) is 1. The molecule has 0 bridgehead atoms. The van der Waals surface area contributed by atoms with Crippen molar-refractivity contribution in [1.82, 2.24) is 14.9 Å². The molecule has 114 valence electrons. The van der Waals surface area contributed by atoms with E-state index in [9.17, 15) is 14.9 Å². The minimum Gasteiger partial charge on any atom is -0.354 e. The third-order valence-corrected chi connectivity index (χ3v) is 3.24. The fraction of sp³-hybridized carbons (Fsp3) is 0.583. The topological polar surface area (TPSA) is 104 Å². The minimum absolute atomic E-state index is 0.0849. The van der Waals surface area contributed by atoms with Gasteiger partial charge in [0.1, 0.15) is 6.20 Å². The van der Waals surface area contributed by atoms with Crippen molar-refractivity contribution in [1.29, 1.82) is 0 Å². The first kappa shape index (κ1) is 14.9. The summed E-state index contributed by atoms with van der Waals surface area (Å²) >= 11 is 0. The quantitative estimate of drug-likeness (QED) is 0.622. The van der Waals surface area contributed by atoms with Crippen LogP contribution in [0, 0.1) is 10.1 Å². The maximum atomic E-state index is 11.8. The van der Waals surface area contributed by atoms with Crippen LogP contribution >= 0.6 is 0 Å². The van der Waals surface area contributed by atoms with E-state index in [0.29, 0.717) is 25.6 Å². The van der Waals surface area contributed by atoms with Crippen molar-refractivity contribution >= 4 is 23.4 Å². The number of carbonyl (C=O) groups is 1. The predicted molar refractivity (Wildman–Crippen MR) is 77.3 cm³/mol. The molecule has 0 saturated carbocycles. The van der Waals surface area contributed by atoms with Crippen LogP contribution in [0.2, 0.25) is 0 Å². The van der Waals surface area contributed by atoms with Gasteiger partial charge < -0.3 is 15.1 Å². The lowest BCUT2D eigenvalue weighted by atomic mass is 10.3. The van der Waals surface area contributed by atoms with Crippen molar-refractivity contribution in [3.05, 3.63) is 16.3 Å². The minimum atomic E-state index is -0.526. The number of hydrogen-bond donors (Lipinski definition) is 1. The number of nitrogens with one attached hydrogen (secondary N) is 1. The molecule has 2 rings (SSSR count). The van der Waals surface area contributed by atoms with Gasteiger partial charge in [-0.3, -0.25) is 14.9 Å². The number of hydrogen-bond acceptors (Lipinski definition) is 7. The molecule has 2 heterocycles. The molecule has 21 heavy (non-hydrogen) atoms. The van der Waals surface area contributed by atoms with E-state index in [-0.39, 0.29) is 24.0 Å². The molecular formula is C12H18N6O3. The summed E-state index contributed by atoms with van der Waals surface area (Å²) in [7, 11) is 1.71. The smallest absolute Gasteiger partial charge is 0.329 e. The average molecular weight is 294 g/mol. The molecule has 1 N–H and O–H groups in total. The molecular weight excluding hydrogens is 276 g/mol. The fourth-order valence-corrected chi connectivity index (χ4v) is 1.99. The molecule has 0 atom stereocenters. The second-order valence-corrected chi connectivity index (χ2v) is 4.82. The molecule has 1 saturated heterocycles. The molecule has 0 unspecified atom stereocenters. The third kappa shape index (κ3) is 3.36. The fourth-order valence-electron chi connectivity index (χ4n) is 1.99. The lowest BCUT2D eigenvalue weighted by molar-refractivity contribution is -0.384. The van der Waals surface area contributed by atoms with Crippen LogP contribution in [-0.2, 0) is 4.79 Å². The molecule has 1 fully saturated rings. The lowest BCUT2D eigenvalue weighted by Crippen LogP contribution is -2.49. The molecule has 0 aliphatic carbocycles. The number of rotatable bonds is 5. The number of nitrogens with zero attached hydrogens (tertiary/aromatic N) is 5. The Balaban J connectivity index is 2.30. The van der Waals surface area contributed by atoms with Gasteiger partial charge in [-0.2, -0.15) is 4.98 Å². The monoisotopic (exact) mass is 294 g/mol. The summed E-state index contributed by atoms with van der Waals surface area (Å²) in [6.45, 7) is 3.78. The average Bonchev–Trinajstić information content (AvgIpc) is 2.47. The normalized spacial score (nSPS) is 15.2. The Bertz CT molecular complexity index is 550. The summed E-state index contributed by atoms with van der Waals surface area (Å²) in [4.78, 5) is 33.7. The van der Waals surface area contributed by atoms with Gasteiger partial charge in [0.15, 0.2) is 0 Å². The molecule has 9 nitrogen and oxygen atoms in total. The Morgan fingerprint density at radius 3 is 2.86 bits per heavy atom. The predicted octanol–water partition coefficient (Wildman–Crippen LogP) is 0.485. The number of anilines is 2. The summed E-state index contributed by atoms with van der Waals surface area (Å²) < 4.78 is 0. The van der Waals surface area contributed by atoms with Gasteiger partial charge in [-0.1, -0.05) is 6.92 Å². The highest BCUT2D eigenvalue weighted by molar-refractivity contribution is 5.83. The first-order valence-corrected chi connectivity index (χ1v) is 6.77. The number of nitro groups is 1. The zero-order valence-electron chi connectivity index (χ0n) is 12.1. The van der Waals surface area contributed by atoms with Crippen molar-refractivity contribution in [3.8, 4) is 0 Å². The van der Waals surface area contributed by atoms with Crippen LogP contribution in [0.4, 0.5) is 17.5 Å². The van der Waals surface area contributed by atoms with Crippen LogP contribution in [0.15, 0.2) is 6.20 Å². The van der Waals surface area contributed by atoms with Crippen LogP contribution < -0.4 is 10.2 Å². The number of amides is 1. The van der Waals surface area contributed by atoms with Crippen molar-refractivity contribution in [2.75, 3.05) is 43.4 Å². The van der Waals surface area contributed by atoms with Gasteiger partial charge in [0.05, 0.1) is 11.5 Å². The molecule has 1 aromatic rings. The van der Waals surface area contributed by atoms with E-state index in [0.717, 1.165) is 6.42 Å². The van der Waals surface area contributed by atoms with Crippen molar-refractivity contribution in [3.63, 3.8) is 0 Å². The van der Waals surface area contributed by atoms with E-state index in [1.54, 1.807) is 16.8 Å². The second kappa shape index (κ2) is 6.33. The standard InChI is InChI=1S/C12H18N6O3/c1-3-4-13-12-14-7-9(18(20)21)11(15-12)17-6-5-16(2)10(19)8-17/h7H,3-6,8H2,1-2H3,(H,13,14,15). The van der Waals surface area contributed by atoms with Crippen molar-refractivity contribution in [2.24, 2.45) is 0 Å². The Morgan fingerprint density at radius 2 is 2.24 bits per heavy atom. The number of aromatic nitrogens is 2. The second-order valence-electron chi connectivity index (χ2n) is 4.82. The molecule has 0 aromatic carbocycles. The third-order valence-electron chi connectivity index (χ3n) is 3.24. The number of carbonyl (C=O) groups excluding carboxylic acids is 1. The molecule has 0 spiro atoms. The summed E-state index contributed by atoms with van der Waals surface area (Å²) in [5.74, 6) is 0.441. The van der Waals surface area contributed by atoms with Gasteiger partial charge in [-0.25, -0.2) is 4.98 Å². The van der Waals surface area contributed by atoms with Gasteiger partial charge in [-0.05, 0) is 6.42 Å². The van der Waals surface area contributed by atoms with E-state index in [4.69, 9.17) is 0 Å². The van der Waals surface area contributed by atoms with E-state index in [1.807, 2.05) is 6.92 Å². The molecule has 1 aromatic heterocycles. The summed E-state index contributed by atoms with van der Waals surface area (Å²) in [6, 6.07) is 0. The van der Waals surface area contributed by atoms with E-state index < -0.39 is 4.92 Å². The molecule has 1 amide bonds. The van der Waals surface area contributed by atoms with E-state index in [1.165, 1.54) is 6.20 Å². The van der Waals surface area contributed by atoms with E-state index >= 15 is 0 Å². The largest absolute Gasteiger partial charge is 0.354 e. The van der Waals surface area contributed by atoms with Gasteiger partial charge in [0.2, 0.25) is 17.7 Å². The lowest BCUT2D eigenvalue weighted by Gasteiger charge is -2.32. The zero-order valence-corrected chi connectivity index (χ0v) is 12.1. The Morgan fingerprint density at radius 1 is 1.48 bits per heavy atom. The highest BCUT2D eigenvalue weighted by Crippen LogP contribution is 2.27. The number of piperazine rings is 1. The summed E-state index contributed by atoms with van der Waals surface area (Å²) in [5, 5.41) is 14.1. The molecule has 1 aliphatic rings. The molecule has 0 radical (unpaired) electrons. The summed E-state index contributed by atoms with van der Waals surface area (Å²) in [5.41, 5.74) is -0.186. The van der Waals surface area contributed by atoms with Gasteiger partial charge in [-0.15, -0.1) is 0 Å². The SMILES string of the molecule is CCCNc1ncc([N+](=O)[O-])c(N2CCN(C)C(=O)C2)n1. The highest BCUT2D eigenvalue weighted by atomic mass is 16.6. The van der Waals surface area contributed by atoms with Gasteiger partial charge >= 0.3 is 5.69 Å². The highest BCUT2D eigenvalue weighted by Gasteiger charge is 2.28. The van der Waals surface area contributed by atoms with Crippen LogP contribution in [0.3, 0.4) is 0 Å². The summed E-state index contributed by atoms with van der Waals surface area (Å²) in [6.07, 6.45) is 2.08. The van der Waals surface area contributed by atoms with Crippen LogP contribution in [-0.4, -0.2) is 58.9 Å². The maximum absolute atomic E-state index is 11.8. The van der Waals surface area contributed by atoms with Crippen LogP contribution in [0.1, 0.15) is 13.3 Å². The van der Waals surface area contributed by atoms with Gasteiger partial charge in [0.25, 0.3) is 0 Å². The first-order chi connectivity index (χ1) is 10.0. The Labute approximate surface area is 122 Å². The zero-order chi connectivity index (χ0) is 15.4.